The fraction of sp³-hybridized carbons (Fsp3) is 0. The average molecular weight is 334 g/mol. The lowest BCUT2D eigenvalue weighted by Crippen LogP contribution is -2.20. The van der Waals surface area contributed by atoms with E-state index in [2.05, 4.69) is 25.9 Å². The molecule has 3 aromatic rings. The quantitative estimate of drug-likeness (QED) is 0.695. The Morgan fingerprint density at radius 2 is 2.16 bits per heavy atom. The van der Waals surface area contributed by atoms with Gasteiger partial charge in [-0.1, -0.05) is 15.9 Å². The third kappa shape index (κ3) is 2.13. The smallest absolute Gasteiger partial charge is 0.266 e. The Balaban J connectivity index is 2.44. The molecule has 0 radical (unpaired) electrons. The van der Waals surface area contributed by atoms with Crippen LogP contribution in [0, 0.1) is 4.77 Å². The number of benzene rings is 1. The van der Waals surface area contributed by atoms with Crippen molar-refractivity contribution < 1.29 is 0 Å². The van der Waals surface area contributed by atoms with Gasteiger partial charge in [0, 0.05) is 10.7 Å². The fourth-order valence-corrected chi connectivity index (χ4v) is 2.57. The third-order valence-corrected chi connectivity index (χ3v) is 3.54. The second-order valence-electron chi connectivity index (χ2n) is 3.97. The zero-order valence-corrected chi connectivity index (χ0v) is 12.0. The number of rotatable bonds is 1. The number of fused-ring (bicyclic) bond motifs is 1. The van der Waals surface area contributed by atoms with Crippen molar-refractivity contribution in [2.24, 2.45) is 0 Å². The molecule has 0 aliphatic rings. The number of nitrogens with zero attached hydrogens (tertiary/aromatic N) is 2. The molecular weight excluding hydrogens is 326 g/mol. The number of pyridine rings is 1. The van der Waals surface area contributed by atoms with Crippen molar-refractivity contribution in [1.82, 2.24) is 14.5 Å². The molecule has 19 heavy (non-hydrogen) atoms. The minimum atomic E-state index is -0.159. The molecule has 2 aromatic heterocycles. The maximum absolute atomic E-state index is 12.5. The monoisotopic (exact) mass is 333 g/mol. The second kappa shape index (κ2) is 4.71. The number of hydrogen-bond acceptors (Lipinski definition) is 3. The molecule has 0 bridgehead atoms. The van der Waals surface area contributed by atoms with Gasteiger partial charge in [0.1, 0.15) is 0 Å². The van der Waals surface area contributed by atoms with E-state index in [9.17, 15) is 4.79 Å². The number of hydrogen-bond donors (Lipinski definition) is 1. The first-order chi connectivity index (χ1) is 9.16. The van der Waals surface area contributed by atoms with Crippen molar-refractivity contribution in [2.75, 3.05) is 0 Å². The predicted octanol–water partition coefficient (Wildman–Crippen LogP) is 3.21. The van der Waals surface area contributed by atoms with Gasteiger partial charge in [0.2, 0.25) is 0 Å². The summed E-state index contributed by atoms with van der Waals surface area (Å²) in [6, 6.07) is 9.02. The van der Waals surface area contributed by atoms with Crippen LogP contribution >= 0.6 is 28.1 Å². The number of aromatic nitrogens is 3. The molecule has 1 aromatic carbocycles. The molecule has 1 N–H and O–H groups in total. The van der Waals surface area contributed by atoms with Crippen LogP contribution in [0.1, 0.15) is 0 Å². The minimum Gasteiger partial charge on any atom is -0.331 e. The van der Waals surface area contributed by atoms with Crippen LogP contribution in [-0.2, 0) is 0 Å². The summed E-state index contributed by atoms with van der Waals surface area (Å²) in [6.07, 6.45) is 3.26. The molecule has 0 unspecified atom stereocenters. The Morgan fingerprint density at radius 1 is 1.32 bits per heavy atom. The highest BCUT2D eigenvalue weighted by Gasteiger charge is 2.07. The van der Waals surface area contributed by atoms with Crippen molar-refractivity contribution >= 4 is 39.1 Å². The SMILES string of the molecule is O=c1c2cc(Br)ccc2[nH]c(=S)n1-c1cccnc1. The van der Waals surface area contributed by atoms with Crippen LogP contribution in [0.25, 0.3) is 16.6 Å². The molecular formula is C13H8BrN3OS. The van der Waals surface area contributed by atoms with Gasteiger partial charge in [-0.05, 0) is 42.5 Å². The van der Waals surface area contributed by atoms with E-state index in [4.69, 9.17) is 12.2 Å². The molecule has 94 valence electrons. The highest BCUT2D eigenvalue weighted by atomic mass is 79.9. The summed E-state index contributed by atoms with van der Waals surface area (Å²) in [5.41, 5.74) is 1.21. The topological polar surface area (TPSA) is 50.7 Å². The molecule has 0 aliphatic carbocycles. The second-order valence-corrected chi connectivity index (χ2v) is 5.27. The van der Waals surface area contributed by atoms with Gasteiger partial charge in [-0.25, -0.2) is 0 Å². The molecule has 0 fully saturated rings. The van der Waals surface area contributed by atoms with Crippen LogP contribution in [0.3, 0.4) is 0 Å². The van der Waals surface area contributed by atoms with Crippen molar-refractivity contribution in [3.05, 3.63) is 62.3 Å². The van der Waals surface area contributed by atoms with Gasteiger partial charge in [-0.3, -0.25) is 14.3 Å². The number of halogens is 1. The molecule has 0 aliphatic heterocycles. The van der Waals surface area contributed by atoms with Crippen LogP contribution in [0.2, 0.25) is 0 Å². The lowest BCUT2D eigenvalue weighted by Gasteiger charge is -2.07. The lowest BCUT2D eigenvalue weighted by molar-refractivity contribution is 0.931. The first-order valence-corrected chi connectivity index (χ1v) is 6.72. The largest absolute Gasteiger partial charge is 0.331 e. The lowest BCUT2D eigenvalue weighted by atomic mass is 10.2. The van der Waals surface area contributed by atoms with E-state index in [1.165, 1.54) is 4.57 Å². The van der Waals surface area contributed by atoms with Crippen molar-refractivity contribution in [3.8, 4) is 5.69 Å². The van der Waals surface area contributed by atoms with E-state index in [0.29, 0.717) is 15.8 Å². The van der Waals surface area contributed by atoms with Crippen molar-refractivity contribution in [3.63, 3.8) is 0 Å². The van der Waals surface area contributed by atoms with E-state index >= 15 is 0 Å². The Bertz CT molecular complexity index is 870. The number of aromatic amines is 1. The summed E-state index contributed by atoms with van der Waals surface area (Å²) in [4.78, 5) is 19.6. The average Bonchev–Trinajstić information content (AvgIpc) is 2.41. The molecule has 0 spiro atoms. The highest BCUT2D eigenvalue weighted by molar-refractivity contribution is 9.10. The van der Waals surface area contributed by atoms with E-state index in [1.807, 2.05) is 12.1 Å². The van der Waals surface area contributed by atoms with Crippen LogP contribution in [0.4, 0.5) is 0 Å². The van der Waals surface area contributed by atoms with Crippen LogP contribution in [0.15, 0.2) is 52.0 Å². The van der Waals surface area contributed by atoms with Crippen LogP contribution in [-0.4, -0.2) is 14.5 Å². The number of nitrogens with one attached hydrogen (secondary N) is 1. The maximum atomic E-state index is 12.5. The Kier molecular flexibility index (Phi) is 3.04. The van der Waals surface area contributed by atoms with Gasteiger partial charge < -0.3 is 4.98 Å². The van der Waals surface area contributed by atoms with E-state index in [-0.39, 0.29) is 5.56 Å². The summed E-state index contributed by atoms with van der Waals surface area (Å²) in [5, 5.41) is 0.576. The van der Waals surface area contributed by atoms with E-state index in [1.54, 1.807) is 30.6 Å². The first-order valence-electron chi connectivity index (χ1n) is 5.52. The van der Waals surface area contributed by atoms with Crippen molar-refractivity contribution in [2.45, 2.75) is 0 Å². The predicted molar refractivity (Wildman–Crippen MR) is 80.2 cm³/mol. The Labute approximate surface area is 121 Å². The number of H-pyrrole nitrogens is 1. The molecule has 0 atom stereocenters. The summed E-state index contributed by atoms with van der Waals surface area (Å²) < 4.78 is 2.64. The molecule has 0 amide bonds. The van der Waals surface area contributed by atoms with Gasteiger partial charge in [0.05, 0.1) is 22.8 Å². The van der Waals surface area contributed by atoms with E-state index in [0.717, 1.165) is 9.99 Å². The van der Waals surface area contributed by atoms with Gasteiger partial charge in [0.25, 0.3) is 5.56 Å². The molecule has 4 nitrogen and oxygen atoms in total. The fourth-order valence-electron chi connectivity index (χ4n) is 1.91. The Morgan fingerprint density at radius 3 is 2.89 bits per heavy atom. The Hall–Kier alpha value is -1.79. The summed E-state index contributed by atoms with van der Waals surface area (Å²) in [7, 11) is 0. The zero-order valence-electron chi connectivity index (χ0n) is 9.63. The molecule has 2 heterocycles. The van der Waals surface area contributed by atoms with Crippen LogP contribution < -0.4 is 5.56 Å². The molecule has 0 saturated heterocycles. The maximum Gasteiger partial charge on any atom is 0.266 e. The molecule has 0 saturated carbocycles. The van der Waals surface area contributed by atoms with Gasteiger partial charge in [-0.15, -0.1) is 0 Å². The van der Waals surface area contributed by atoms with Gasteiger partial charge in [-0.2, -0.15) is 0 Å². The van der Waals surface area contributed by atoms with Gasteiger partial charge in [0.15, 0.2) is 4.77 Å². The summed E-state index contributed by atoms with van der Waals surface area (Å²) >= 11 is 8.62. The first kappa shape index (κ1) is 12.3. The highest BCUT2D eigenvalue weighted by Crippen LogP contribution is 2.16. The molecule has 3 rings (SSSR count). The molecule has 6 heteroatoms. The minimum absolute atomic E-state index is 0.159. The normalized spacial score (nSPS) is 10.8. The summed E-state index contributed by atoms with van der Waals surface area (Å²) in [6.45, 7) is 0. The standard InChI is InChI=1S/C13H8BrN3OS/c14-8-3-4-11-10(6-8)12(18)17(13(19)16-11)9-2-1-5-15-7-9/h1-7H,(H,16,19). The van der Waals surface area contributed by atoms with Crippen molar-refractivity contribution in [1.29, 1.82) is 0 Å². The zero-order chi connectivity index (χ0) is 13.4. The van der Waals surface area contributed by atoms with Gasteiger partial charge >= 0.3 is 0 Å². The summed E-state index contributed by atoms with van der Waals surface area (Å²) in [5.74, 6) is 0. The van der Waals surface area contributed by atoms with E-state index < -0.39 is 0 Å². The van der Waals surface area contributed by atoms with Crippen LogP contribution in [0.5, 0.6) is 0 Å². The third-order valence-electron chi connectivity index (χ3n) is 2.76.